The molecule has 2 atom stereocenters. The Morgan fingerprint density at radius 1 is 1.53 bits per heavy atom. The normalized spacial score (nSPS) is 23.7. The summed E-state index contributed by atoms with van der Waals surface area (Å²) in [5.74, 6) is 0.520. The van der Waals surface area contributed by atoms with E-state index in [-0.39, 0.29) is 11.8 Å². The topological polar surface area (TPSA) is 54.0 Å². The van der Waals surface area contributed by atoms with Crippen LogP contribution in [0.1, 0.15) is 12.6 Å². The number of nitrogens with one attached hydrogen (secondary N) is 2. The summed E-state index contributed by atoms with van der Waals surface area (Å²) in [6, 6.07) is 3.70. The third-order valence-electron chi connectivity index (χ3n) is 3.16. The molecule has 1 fully saturated rings. The highest BCUT2D eigenvalue weighted by Crippen LogP contribution is 2.20. The summed E-state index contributed by atoms with van der Waals surface area (Å²) in [6.07, 6.45) is 0. The van der Waals surface area contributed by atoms with Crippen LogP contribution in [0, 0.1) is 18.8 Å². The molecule has 0 aliphatic carbocycles. The summed E-state index contributed by atoms with van der Waals surface area (Å²) in [5, 5.41) is 6.18. The van der Waals surface area contributed by atoms with Gasteiger partial charge in [0, 0.05) is 6.54 Å². The molecule has 0 saturated carbocycles. The molecule has 0 radical (unpaired) electrons. The molecule has 1 amide bonds. The van der Waals surface area contributed by atoms with Gasteiger partial charge in [-0.05, 0) is 47.4 Å². The van der Waals surface area contributed by atoms with Crippen LogP contribution in [-0.2, 0) is 4.79 Å². The lowest BCUT2D eigenvalue weighted by Gasteiger charge is -2.15. The quantitative estimate of drug-likeness (QED) is 0.821. The molecule has 2 N–H and O–H groups in total. The average Bonchev–Trinajstić information content (AvgIpc) is 2.68. The first-order chi connectivity index (χ1) is 8.08. The maximum absolute atomic E-state index is 12.1. The van der Waals surface area contributed by atoms with Crippen LogP contribution < -0.4 is 10.6 Å². The summed E-state index contributed by atoms with van der Waals surface area (Å²) < 4.78 is 0.781. The van der Waals surface area contributed by atoms with E-state index in [0.29, 0.717) is 5.92 Å². The number of hydrogen-bond acceptors (Lipinski definition) is 3. The monoisotopic (exact) mass is 297 g/mol. The summed E-state index contributed by atoms with van der Waals surface area (Å²) in [6.45, 7) is 5.65. The molecule has 0 aromatic carbocycles. The number of carbonyl (C=O) groups excluding carboxylic acids is 1. The van der Waals surface area contributed by atoms with Gasteiger partial charge in [-0.3, -0.25) is 4.79 Å². The summed E-state index contributed by atoms with van der Waals surface area (Å²) in [7, 11) is 0. The molecule has 2 heterocycles. The van der Waals surface area contributed by atoms with Crippen molar-refractivity contribution in [3.63, 3.8) is 0 Å². The lowest BCUT2D eigenvalue weighted by molar-refractivity contribution is -0.120. The second kappa shape index (κ2) is 5.14. The van der Waals surface area contributed by atoms with Crippen molar-refractivity contribution in [2.75, 3.05) is 18.4 Å². The number of rotatable bonds is 2. The molecule has 1 aliphatic heterocycles. The Bertz CT molecular complexity index is 436. The molecular formula is C12H16BrN3O. The van der Waals surface area contributed by atoms with Crippen LogP contribution >= 0.6 is 15.9 Å². The van der Waals surface area contributed by atoms with Crippen LogP contribution in [0.2, 0.25) is 0 Å². The van der Waals surface area contributed by atoms with Gasteiger partial charge in [0.05, 0.1) is 17.3 Å². The molecule has 0 bridgehead atoms. The molecule has 4 nitrogen and oxygen atoms in total. The maximum Gasteiger partial charge on any atom is 0.229 e. The Balaban J connectivity index is 2.07. The van der Waals surface area contributed by atoms with Crippen LogP contribution in [0.3, 0.4) is 0 Å². The zero-order chi connectivity index (χ0) is 12.4. The number of amides is 1. The largest absolute Gasteiger partial charge is 0.324 e. The fourth-order valence-corrected chi connectivity index (χ4v) is 2.45. The van der Waals surface area contributed by atoms with Gasteiger partial charge in [0.1, 0.15) is 4.60 Å². The lowest BCUT2D eigenvalue weighted by Crippen LogP contribution is -2.28. The van der Waals surface area contributed by atoms with Crippen molar-refractivity contribution in [1.82, 2.24) is 10.3 Å². The highest BCUT2D eigenvalue weighted by molar-refractivity contribution is 9.10. The molecule has 1 aromatic rings. The maximum atomic E-state index is 12.1. The van der Waals surface area contributed by atoms with E-state index in [9.17, 15) is 4.79 Å². The van der Waals surface area contributed by atoms with E-state index >= 15 is 0 Å². The fourth-order valence-electron chi connectivity index (χ4n) is 2.05. The summed E-state index contributed by atoms with van der Waals surface area (Å²) >= 11 is 3.30. The van der Waals surface area contributed by atoms with Gasteiger partial charge in [-0.15, -0.1) is 0 Å². The van der Waals surface area contributed by atoms with Gasteiger partial charge in [-0.2, -0.15) is 0 Å². The molecule has 1 aliphatic rings. The summed E-state index contributed by atoms with van der Waals surface area (Å²) in [4.78, 5) is 16.3. The van der Waals surface area contributed by atoms with E-state index in [4.69, 9.17) is 0 Å². The first kappa shape index (κ1) is 12.5. The first-order valence-corrected chi connectivity index (χ1v) is 6.52. The van der Waals surface area contributed by atoms with E-state index in [1.807, 2.05) is 19.1 Å². The van der Waals surface area contributed by atoms with E-state index in [0.717, 1.165) is 29.1 Å². The number of aromatic nitrogens is 1. The summed E-state index contributed by atoms with van der Waals surface area (Å²) in [5.41, 5.74) is 1.61. The van der Waals surface area contributed by atoms with Gasteiger partial charge >= 0.3 is 0 Å². The van der Waals surface area contributed by atoms with Crippen molar-refractivity contribution in [3.8, 4) is 0 Å². The number of aryl methyl sites for hydroxylation is 1. The molecule has 0 spiro atoms. The molecule has 1 saturated heterocycles. The van der Waals surface area contributed by atoms with Crippen molar-refractivity contribution < 1.29 is 4.79 Å². The predicted octanol–water partition coefficient (Wildman–Crippen LogP) is 1.95. The highest BCUT2D eigenvalue weighted by atomic mass is 79.9. The Hall–Kier alpha value is -0.940. The van der Waals surface area contributed by atoms with E-state index in [1.54, 1.807) is 0 Å². The Morgan fingerprint density at radius 3 is 2.88 bits per heavy atom. The average molecular weight is 298 g/mol. The van der Waals surface area contributed by atoms with Crippen molar-refractivity contribution in [3.05, 3.63) is 22.4 Å². The minimum atomic E-state index is 0.0537. The second-order valence-corrected chi connectivity index (χ2v) is 5.31. The minimum absolute atomic E-state index is 0.0537. The van der Waals surface area contributed by atoms with Crippen molar-refractivity contribution >= 4 is 27.5 Å². The van der Waals surface area contributed by atoms with Gasteiger partial charge in [-0.1, -0.05) is 6.92 Å². The van der Waals surface area contributed by atoms with Crippen LogP contribution in [0.4, 0.5) is 5.69 Å². The van der Waals surface area contributed by atoms with Gasteiger partial charge in [0.2, 0.25) is 5.91 Å². The van der Waals surface area contributed by atoms with Crippen LogP contribution in [-0.4, -0.2) is 24.0 Å². The van der Waals surface area contributed by atoms with Crippen LogP contribution in [0.5, 0.6) is 0 Å². The molecule has 5 heteroatoms. The molecule has 2 unspecified atom stereocenters. The minimum Gasteiger partial charge on any atom is -0.324 e. The van der Waals surface area contributed by atoms with Gasteiger partial charge in [-0.25, -0.2) is 4.98 Å². The number of anilines is 1. The number of carbonyl (C=O) groups is 1. The Labute approximate surface area is 109 Å². The zero-order valence-electron chi connectivity index (χ0n) is 9.96. The third kappa shape index (κ3) is 2.84. The van der Waals surface area contributed by atoms with Gasteiger partial charge in [0.25, 0.3) is 0 Å². The zero-order valence-corrected chi connectivity index (χ0v) is 11.5. The SMILES string of the molecule is Cc1nc(Br)ccc1NC(=O)C1CNCC1C. The van der Waals surface area contributed by atoms with Crippen LogP contribution in [0.15, 0.2) is 16.7 Å². The van der Waals surface area contributed by atoms with Crippen molar-refractivity contribution in [2.24, 2.45) is 11.8 Å². The van der Waals surface area contributed by atoms with Crippen molar-refractivity contribution in [2.45, 2.75) is 13.8 Å². The fraction of sp³-hybridized carbons (Fsp3) is 0.500. The molecule has 17 heavy (non-hydrogen) atoms. The van der Waals surface area contributed by atoms with E-state index in [1.165, 1.54) is 0 Å². The smallest absolute Gasteiger partial charge is 0.229 e. The third-order valence-corrected chi connectivity index (χ3v) is 3.61. The Morgan fingerprint density at radius 2 is 2.29 bits per heavy atom. The van der Waals surface area contributed by atoms with Gasteiger partial charge < -0.3 is 10.6 Å². The molecule has 2 rings (SSSR count). The number of nitrogens with zero attached hydrogens (tertiary/aromatic N) is 1. The number of pyridine rings is 1. The van der Waals surface area contributed by atoms with E-state index in [2.05, 4.69) is 38.5 Å². The second-order valence-electron chi connectivity index (χ2n) is 4.50. The van der Waals surface area contributed by atoms with Crippen molar-refractivity contribution in [1.29, 1.82) is 0 Å². The highest BCUT2D eigenvalue weighted by Gasteiger charge is 2.29. The first-order valence-electron chi connectivity index (χ1n) is 5.72. The Kier molecular flexibility index (Phi) is 3.79. The predicted molar refractivity (Wildman–Crippen MR) is 70.8 cm³/mol. The lowest BCUT2D eigenvalue weighted by atomic mass is 9.97. The number of halogens is 1. The standard InChI is InChI=1S/C12H16BrN3O/c1-7-5-14-6-9(7)12(17)16-10-3-4-11(13)15-8(10)2/h3-4,7,9,14H,5-6H2,1-2H3,(H,16,17). The number of hydrogen-bond donors (Lipinski definition) is 2. The van der Waals surface area contributed by atoms with E-state index < -0.39 is 0 Å². The molecule has 1 aromatic heterocycles. The van der Waals surface area contributed by atoms with Crippen LogP contribution in [0.25, 0.3) is 0 Å². The molecule has 92 valence electrons. The molecular weight excluding hydrogens is 282 g/mol. The van der Waals surface area contributed by atoms with Gasteiger partial charge in [0.15, 0.2) is 0 Å².